The number of rotatable bonds is 1. The molecule has 0 radical (unpaired) electrons. The van der Waals surface area contributed by atoms with Crippen LogP contribution < -0.4 is 5.32 Å². The second kappa shape index (κ2) is 3.89. The average Bonchev–Trinajstić information content (AvgIpc) is 2.87. The number of piperidine rings is 1. The number of carbonyl (C=O) groups is 1. The summed E-state index contributed by atoms with van der Waals surface area (Å²) in [7, 11) is 0. The predicted octanol–water partition coefficient (Wildman–Crippen LogP) is 0.730. The smallest absolute Gasteiger partial charge is 0.321 e. The van der Waals surface area contributed by atoms with Gasteiger partial charge in [0.2, 0.25) is 0 Å². The molecule has 2 unspecified atom stereocenters. The zero-order valence-corrected chi connectivity index (χ0v) is 10.1. The molecule has 4 nitrogen and oxygen atoms in total. The summed E-state index contributed by atoms with van der Waals surface area (Å²) < 4.78 is 0. The molecule has 3 saturated heterocycles. The second-order valence-corrected chi connectivity index (χ2v) is 6.38. The van der Waals surface area contributed by atoms with E-state index in [9.17, 15) is 4.79 Å². The number of hydrogen-bond acceptors (Lipinski definition) is 4. The molecule has 16 heavy (non-hydrogen) atoms. The number of fused-ring (bicyclic) bond motifs is 2. The van der Waals surface area contributed by atoms with Crippen molar-refractivity contribution in [1.82, 2.24) is 10.2 Å². The fraction of sp³-hybridized carbons (Fsp3) is 0.909. The number of nitrogens with zero attached hydrogens (tertiary/aromatic N) is 1. The van der Waals surface area contributed by atoms with E-state index in [-0.39, 0.29) is 10.9 Å². The van der Waals surface area contributed by atoms with Crippen molar-refractivity contribution in [2.75, 3.05) is 18.8 Å². The lowest BCUT2D eigenvalue weighted by molar-refractivity contribution is -0.138. The molecule has 0 aromatic rings. The maximum absolute atomic E-state index is 11.0. The van der Waals surface area contributed by atoms with Gasteiger partial charge < -0.3 is 5.11 Å². The van der Waals surface area contributed by atoms with E-state index in [4.69, 9.17) is 5.11 Å². The summed E-state index contributed by atoms with van der Waals surface area (Å²) in [5, 5.41) is 12.5. The fourth-order valence-electron chi connectivity index (χ4n) is 3.34. The van der Waals surface area contributed by atoms with Crippen LogP contribution >= 0.6 is 11.8 Å². The largest absolute Gasteiger partial charge is 0.480 e. The average molecular weight is 242 g/mol. The zero-order valence-electron chi connectivity index (χ0n) is 9.32. The van der Waals surface area contributed by atoms with Crippen LogP contribution in [0.15, 0.2) is 0 Å². The van der Waals surface area contributed by atoms with Crippen molar-refractivity contribution in [1.29, 1.82) is 0 Å². The van der Waals surface area contributed by atoms with Crippen LogP contribution in [0.3, 0.4) is 0 Å². The fourth-order valence-corrected chi connectivity index (χ4v) is 4.95. The van der Waals surface area contributed by atoms with Crippen LogP contribution in [-0.2, 0) is 4.79 Å². The summed E-state index contributed by atoms with van der Waals surface area (Å²) in [6, 6.07) is 0.225. The van der Waals surface area contributed by atoms with E-state index in [0.717, 1.165) is 18.7 Å². The first kappa shape index (κ1) is 10.9. The van der Waals surface area contributed by atoms with Crippen LogP contribution in [0.25, 0.3) is 0 Å². The van der Waals surface area contributed by atoms with Crippen molar-refractivity contribution in [3.63, 3.8) is 0 Å². The van der Waals surface area contributed by atoms with Gasteiger partial charge in [0.1, 0.15) is 6.04 Å². The van der Waals surface area contributed by atoms with Crippen LogP contribution in [0.1, 0.15) is 25.7 Å². The lowest BCUT2D eigenvalue weighted by Crippen LogP contribution is -2.54. The normalized spacial score (nSPS) is 43.8. The molecular formula is C11H18N2O2S. The monoisotopic (exact) mass is 242 g/mol. The number of carboxylic acids is 1. The molecule has 0 aliphatic carbocycles. The number of aliphatic carboxylic acids is 1. The predicted molar refractivity (Wildman–Crippen MR) is 63.6 cm³/mol. The first-order chi connectivity index (χ1) is 7.71. The van der Waals surface area contributed by atoms with Gasteiger partial charge in [0.05, 0.1) is 4.87 Å². The summed E-state index contributed by atoms with van der Waals surface area (Å²) in [5.74, 6) is 0.0262. The molecule has 3 aliphatic rings. The zero-order chi connectivity index (χ0) is 11.2. The molecule has 3 fully saturated rings. The molecule has 0 amide bonds. The highest BCUT2D eigenvalue weighted by molar-refractivity contribution is 8.01. The van der Waals surface area contributed by atoms with Crippen molar-refractivity contribution in [2.45, 2.75) is 42.6 Å². The van der Waals surface area contributed by atoms with E-state index in [1.807, 2.05) is 11.8 Å². The van der Waals surface area contributed by atoms with Crippen LogP contribution in [0.5, 0.6) is 0 Å². The quantitative estimate of drug-likeness (QED) is 0.710. The van der Waals surface area contributed by atoms with Gasteiger partial charge >= 0.3 is 5.97 Å². The molecule has 3 aliphatic heterocycles. The van der Waals surface area contributed by atoms with Gasteiger partial charge in [0, 0.05) is 18.3 Å². The maximum Gasteiger partial charge on any atom is 0.321 e. The van der Waals surface area contributed by atoms with Gasteiger partial charge in [-0.1, -0.05) is 6.42 Å². The summed E-state index contributed by atoms with van der Waals surface area (Å²) in [4.78, 5) is 13.6. The van der Waals surface area contributed by atoms with E-state index in [0.29, 0.717) is 6.04 Å². The Hall–Kier alpha value is -0.260. The molecule has 5 heteroatoms. The SMILES string of the molecule is O=C(O)[C@@H]1CSC2(CCN3CCCCC32)N1. The summed E-state index contributed by atoms with van der Waals surface area (Å²) in [5.41, 5.74) is 0. The molecular weight excluding hydrogens is 224 g/mol. The van der Waals surface area contributed by atoms with Gasteiger partial charge in [-0.2, -0.15) is 0 Å². The van der Waals surface area contributed by atoms with E-state index in [1.54, 1.807) is 0 Å². The number of thioether (sulfide) groups is 1. The highest BCUT2D eigenvalue weighted by atomic mass is 32.2. The van der Waals surface area contributed by atoms with Crippen LogP contribution in [0, 0.1) is 0 Å². The lowest BCUT2D eigenvalue weighted by atomic mass is 9.98. The van der Waals surface area contributed by atoms with E-state index in [2.05, 4.69) is 10.2 Å². The van der Waals surface area contributed by atoms with Gasteiger partial charge in [0.25, 0.3) is 0 Å². The summed E-state index contributed by atoms with van der Waals surface area (Å²) in [6.45, 7) is 2.34. The number of nitrogens with one attached hydrogen (secondary N) is 1. The van der Waals surface area contributed by atoms with Crippen molar-refractivity contribution in [3.05, 3.63) is 0 Å². The minimum Gasteiger partial charge on any atom is -0.480 e. The highest BCUT2D eigenvalue weighted by Crippen LogP contribution is 2.46. The Balaban J connectivity index is 1.77. The van der Waals surface area contributed by atoms with Gasteiger partial charge in [-0.3, -0.25) is 15.0 Å². The Bertz CT molecular complexity index is 312. The highest BCUT2D eigenvalue weighted by Gasteiger charge is 2.53. The van der Waals surface area contributed by atoms with Crippen molar-refractivity contribution in [3.8, 4) is 0 Å². The molecule has 0 saturated carbocycles. The third kappa shape index (κ3) is 1.57. The first-order valence-electron chi connectivity index (χ1n) is 6.10. The van der Waals surface area contributed by atoms with Gasteiger partial charge in [0.15, 0.2) is 0 Å². The van der Waals surface area contributed by atoms with E-state index >= 15 is 0 Å². The van der Waals surface area contributed by atoms with Crippen LogP contribution in [0.4, 0.5) is 0 Å². The third-order valence-electron chi connectivity index (χ3n) is 4.15. The standard InChI is InChI=1S/C11H18N2O2S/c14-10(15)8-7-16-11(12-8)4-6-13-5-2-1-3-9(11)13/h8-9,12H,1-7H2,(H,14,15)/t8-,9?,11?/m0/s1. The van der Waals surface area contributed by atoms with Gasteiger partial charge in [-0.15, -0.1) is 11.8 Å². The Kier molecular flexibility index (Phi) is 2.64. The minimum atomic E-state index is -0.696. The second-order valence-electron chi connectivity index (χ2n) is 5.03. The molecule has 3 rings (SSSR count). The molecule has 0 aromatic carbocycles. The minimum absolute atomic E-state index is 0.0451. The van der Waals surface area contributed by atoms with Gasteiger partial charge in [-0.05, 0) is 25.8 Å². The van der Waals surface area contributed by atoms with Crippen molar-refractivity contribution < 1.29 is 9.90 Å². The molecule has 0 aromatic heterocycles. The number of carboxylic acid groups (broad SMARTS) is 1. The Morgan fingerprint density at radius 2 is 2.31 bits per heavy atom. The molecule has 2 N–H and O–H groups in total. The van der Waals surface area contributed by atoms with Crippen LogP contribution in [0.2, 0.25) is 0 Å². The molecule has 3 atom stereocenters. The van der Waals surface area contributed by atoms with E-state index in [1.165, 1.54) is 25.8 Å². The van der Waals surface area contributed by atoms with Gasteiger partial charge in [-0.25, -0.2) is 0 Å². The number of hydrogen-bond donors (Lipinski definition) is 2. The van der Waals surface area contributed by atoms with Crippen molar-refractivity contribution >= 4 is 17.7 Å². The van der Waals surface area contributed by atoms with E-state index < -0.39 is 5.97 Å². The Morgan fingerprint density at radius 3 is 3.06 bits per heavy atom. The first-order valence-corrected chi connectivity index (χ1v) is 7.08. The Labute approximate surface area is 99.8 Å². The maximum atomic E-state index is 11.0. The Morgan fingerprint density at radius 1 is 1.44 bits per heavy atom. The lowest BCUT2D eigenvalue weighted by Gasteiger charge is -2.38. The topological polar surface area (TPSA) is 52.6 Å². The third-order valence-corrected chi connectivity index (χ3v) is 5.76. The molecule has 3 heterocycles. The molecule has 1 spiro atoms. The summed E-state index contributed by atoms with van der Waals surface area (Å²) >= 11 is 1.84. The van der Waals surface area contributed by atoms with Crippen LogP contribution in [-0.4, -0.2) is 51.8 Å². The van der Waals surface area contributed by atoms with Crippen molar-refractivity contribution in [2.24, 2.45) is 0 Å². The summed E-state index contributed by atoms with van der Waals surface area (Å²) in [6.07, 6.45) is 4.93. The molecule has 0 bridgehead atoms. The molecule has 90 valence electrons.